The van der Waals surface area contributed by atoms with E-state index in [2.05, 4.69) is 32.9 Å². The van der Waals surface area contributed by atoms with Gasteiger partial charge in [0.2, 0.25) is 0 Å². The number of carbonyl (C=O) groups is 1. The predicted octanol–water partition coefficient (Wildman–Crippen LogP) is 3.64. The molecule has 29 heavy (non-hydrogen) atoms. The van der Waals surface area contributed by atoms with Crippen LogP contribution in [0.5, 0.6) is 0 Å². The lowest BCUT2D eigenvalue weighted by molar-refractivity contribution is -0.126. The second-order valence-electron chi connectivity index (χ2n) is 7.98. The zero-order valence-electron chi connectivity index (χ0n) is 16.6. The highest BCUT2D eigenvalue weighted by molar-refractivity contribution is 7.08. The van der Waals surface area contributed by atoms with Gasteiger partial charge in [-0.15, -0.1) is 0 Å². The van der Waals surface area contributed by atoms with Gasteiger partial charge >= 0.3 is 0 Å². The molecular formula is C22H24N4O2S. The molecule has 2 aliphatic rings. The highest BCUT2D eigenvalue weighted by atomic mass is 32.1. The van der Waals surface area contributed by atoms with E-state index < -0.39 is 5.54 Å². The number of aromatic nitrogens is 1. The van der Waals surface area contributed by atoms with E-state index in [1.165, 1.54) is 0 Å². The number of fused-ring (bicyclic) bond motifs is 1. The van der Waals surface area contributed by atoms with E-state index in [9.17, 15) is 4.79 Å². The second-order valence-corrected chi connectivity index (χ2v) is 8.76. The summed E-state index contributed by atoms with van der Waals surface area (Å²) in [6, 6.07) is 8.27. The number of thiophene rings is 1. The molecule has 4 heterocycles. The number of rotatable bonds is 3. The number of amides is 1. The van der Waals surface area contributed by atoms with Crippen molar-refractivity contribution in [3.63, 3.8) is 0 Å². The van der Waals surface area contributed by atoms with Gasteiger partial charge in [-0.05, 0) is 73.3 Å². The monoisotopic (exact) mass is 408 g/mol. The Hall–Kier alpha value is -2.48. The van der Waals surface area contributed by atoms with E-state index in [1.54, 1.807) is 11.3 Å². The molecule has 2 unspecified atom stereocenters. The summed E-state index contributed by atoms with van der Waals surface area (Å²) in [5.41, 5.74) is 11.2. The fraction of sp³-hybridized carbons (Fsp3) is 0.364. The van der Waals surface area contributed by atoms with Gasteiger partial charge < -0.3 is 15.6 Å². The standard InChI is InChI=1S/C22H24N4O2S/c1-13-20(14(2)28-25-13)15-5-6-19-18(10-15)22(21(27)24-19,16-7-9-29-12-16)26-8-3-4-17(23)11-26/h5-7,9-10,12,17H,3-4,8,11,23H2,1-2H3,(H,24,27). The van der Waals surface area contributed by atoms with Gasteiger partial charge in [0.25, 0.3) is 5.91 Å². The minimum absolute atomic E-state index is 0.00378. The average molecular weight is 409 g/mol. The Kier molecular flexibility index (Phi) is 4.34. The summed E-state index contributed by atoms with van der Waals surface area (Å²) < 4.78 is 5.39. The van der Waals surface area contributed by atoms with Crippen molar-refractivity contribution in [2.45, 2.75) is 38.3 Å². The Morgan fingerprint density at radius 3 is 2.90 bits per heavy atom. The second kappa shape index (κ2) is 6.79. The maximum absolute atomic E-state index is 13.6. The van der Waals surface area contributed by atoms with Gasteiger partial charge in [-0.1, -0.05) is 11.2 Å². The molecule has 5 rings (SSSR count). The Morgan fingerprint density at radius 1 is 1.34 bits per heavy atom. The average Bonchev–Trinajstić information content (AvgIpc) is 3.40. The molecule has 3 N–H and O–H groups in total. The molecule has 1 aromatic carbocycles. The van der Waals surface area contributed by atoms with E-state index >= 15 is 0 Å². The Balaban J connectivity index is 1.73. The van der Waals surface area contributed by atoms with Crippen LogP contribution >= 0.6 is 11.3 Å². The van der Waals surface area contributed by atoms with Crippen LogP contribution in [0, 0.1) is 13.8 Å². The molecule has 2 aromatic heterocycles. The van der Waals surface area contributed by atoms with E-state index in [1.807, 2.05) is 31.4 Å². The van der Waals surface area contributed by atoms with Gasteiger partial charge in [-0.3, -0.25) is 9.69 Å². The maximum Gasteiger partial charge on any atom is 0.254 e. The SMILES string of the molecule is Cc1noc(C)c1-c1ccc2c(c1)C(c1ccsc1)(N1CCCC(N)C1)C(=O)N2. The van der Waals surface area contributed by atoms with Crippen molar-refractivity contribution in [1.29, 1.82) is 0 Å². The molecule has 2 aliphatic heterocycles. The molecule has 150 valence electrons. The topological polar surface area (TPSA) is 84.4 Å². The van der Waals surface area contributed by atoms with Crippen LogP contribution in [0.3, 0.4) is 0 Å². The first-order valence-corrected chi connectivity index (χ1v) is 10.9. The van der Waals surface area contributed by atoms with Crippen molar-refractivity contribution in [2.75, 3.05) is 18.4 Å². The summed E-state index contributed by atoms with van der Waals surface area (Å²) in [5, 5.41) is 11.4. The van der Waals surface area contributed by atoms with Crippen LogP contribution in [0.1, 0.15) is 35.4 Å². The Bertz CT molecular complexity index is 1060. The van der Waals surface area contributed by atoms with Crippen LogP contribution < -0.4 is 11.1 Å². The molecule has 0 aliphatic carbocycles. The van der Waals surface area contributed by atoms with Crippen LogP contribution in [-0.4, -0.2) is 35.1 Å². The molecule has 2 atom stereocenters. The quantitative estimate of drug-likeness (QED) is 0.691. The number of nitrogens with zero attached hydrogens (tertiary/aromatic N) is 2. The van der Waals surface area contributed by atoms with E-state index in [0.717, 1.165) is 58.8 Å². The van der Waals surface area contributed by atoms with Gasteiger partial charge in [0, 0.05) is 29.4 Å². The summed E-state index contributed by atoms with van der Waals surface area (Å²) in [5.74, 6) is 0.775. The van der Waals surface area contributed by atoms with E-state index in [-0.39, 0.29) is 11.9 Å². The third-order valence-corrected chi connectivity index (χ3v) is 6.86. The van der Waals surface area contributed by atoms with E-state index in [4.69, 9.17) is 10.3 Å². The first-order valence-electron chi connectivity index (χ1n) is 9.94. The summed E-state index contributed by atoms with van der Waals surface area (Å²) in [7, 11) is 0. The summed E-state index contributed by atoms with van der Waals surface area (Å²) in [6.45, 7) is 5.39. The molecule has 1 saturated heterocycles. The van der Waals surface area contributed by atoms with Crippen LogP contribution in [-0.2, 0) is 10.3 Å². The predicted molar refractivity (Wildman–Crippen MR) is 114 cm³/mol. The number of nitrogens with one attached hydrogen (secondary N) is 1. The molecule has 0 bridgehead atoms. The number of carbonyl (C=O) groups excluding carboxylic acids is 1. The zero-order valence-corrected chi connectivity index (χ0v) is 17.4. The molecule has 7 heteroatoms. The molecule has 0 radical (unpaired) electrons. The largest absolute Gasteiger partial charge is 0.361 e. The number of piperidine rings is 1. The molecule has 6 nitrogen and oxygen atoms in total. The molecule has 3 aromatic rings. The smallest absolute Gasteiger partial charge is 0.254 e. The van der Waals surface area contributed by atoms with Crippen molar-refractivity contribution in [3.8, 4) is 11.1 Å². The molecule has 0 spiro atoms. The van der Waals surface area contributed by atoms with Crippen molar-refractivity contribution in [3.05, 3.63) is 57.6 Å². The van der Waals surface area contributed by atoms with Crippen molar-refractivity contribution in [1.82, 2.24) is 10.1 Å². The Labute approximate surface area is 173 Å². The fourth-order valence-electron chi connectivity index (χ4n) is 4.91. The molecular weight excluding hydrogens is 384 g/mol. The fourth-order valence-corrected chi connectivity index (χ4v) is 5.61. The lowest BCUT2D eigenvalue weighted by Gasteiger charge is -2.43. The normalized spacial score (nSPS) is 24.5. The number of hydrogen-bond acceptors (Lipinski definition) is 6. The highest BCUT2D eigenvalue weighted by Gasteiger charge is 2.53. The van der Waals surface area contributed by atoms with Gasteiger partial charge in [0.05, 0.1) is 5.69 Å². The summed E-state index contributed by atoms with van der Waals surface area (Å²) in [4.78, 5) is 15.8. The van der Waals surface area contributed by atoms with Gasteiger partial charge in [0.15, 0.2) is 5.54 Å². The lowest BCUT2D eigenvalue weighted by atomic mass is 9.81. The third-order valence-electron chi connectivity index (χ3n) is 6.18. The van der Waals surface area contributed by atoms with Crippen LogP contribution in [0.25, 0.3) is 11.1 Å². The first kappa shape index (κ1) is 18.5. The van der Waals surface area contributed by atoms with Crippen molar-refractivity contribution in [2.24, 2.45) is 5.73 Å². The number of nitrogens with two attached hydrogens (primary N) is 1. The Morgan fingerprint density at radius 2 is 2.21 bits per heavy atom. The van der Waals surface area contributed by atoms with Crippen LogP contribution in [0.15, 0.2) is 39.5 Å². The van der Waals surface area contributed by atoms with Crippen LogP contribution in [0.2, 0.25) is 0 Å². The number of likely N-dealkylation sites (tertiary alicyclic amines) is 1. The maximum atomic E-state index is 13.6. The van der Waals surface area contributed by atoms with Gasteiger partial charge in [-0.2, -0.15) is 11.3 Å². The minimum atomic E-state index is -0.859. The van der Waals surface area contributed by atoms with Gasteiger partial charge in [0.1, 0.15) is 5.76 Å². The van der Waals surface area contributed by atoms with Crippen molar-refractivity contribution >= 4 is 22.9 Å². The molecule has 1 fully saturated rings. The first-order chi connectivity index (χ1) is 14.0. The number of benzene rings is 1. The lowest BCUT2D eigenvalue weighted by Crippen LogP contribution is -2.57. The molecule has 1 amide bonds. The summed E-state index contributed by atoms with van der Waals surface area (Å²) in [6.07, 6.45) is 1.98. The molecule has 0 saturated carbocycles. The van der Waals surface area contributed by atoms with E-state index in [0.29, 0.717) is 6.54 Å². The minimum Gasteiger partial charge on any atom is -0.361 e. The highest BCUT2D eigenvalue weighted by Crippen LogP contribution is 2.48. The third kappa shape index (κ3) is 2.68. The summed E-state index contributed by atoms with van der Waals surface area (Å²) >= 11 is 1.61. The zero-order chi connectivity index (χ0) is 20.2. The number of hydrogen-bond donors (Lipinski definition) is 2. The number of anilines is 1. The van der Waals surface area contributed by atoms with Crippen molar-refractivity contribution < 1.29 is 9.32 Å². The van der Waals surface area contributed by atoms with Gasteiger partial charge in [-0.25, -0.2) is 0 Å². The van der Waals surface area contributed by atoms with Crippen LogP contribution in [0.4, 0.5) is 5.69 Å². The number of aryl methyl sites for hydroxylation is 2.